The maximum Gasteiger partial charge on any atom is 0.229 e. The van der Waals surface area contributed by atoms with Crippen LogP contribution in [0.3, 0.4) is 0 Å². The smallest absolute Gasteiger partial charge is 0.229 e. The van der Waals surface area contributed by atoms with Crippen LogP contribution in [0.15, 0.2) is 47.0 Å². The normalized spacial score (nSPS) is 18.2. The second-order valence-electron chi connectivity index (χ2n) is 7.60. The van der Waals surface area contributed by atoms with Crippen molar-refractivity contribution in [3.05, 3.63) is 58.1 Å². The van der Waals surface area contributed by atoms with Gasteiger partial charge >= 0.3 is 0 Å². The molecule has 1 fully saturated rings. The number of rotatable bonds is 5. The van der Waals surface area contributed by atoms with Gasteiger partial charge in [-0.2, -0.15) is 5.26 Å². The van der Waals surface area contributed by atoms with Crippen molar-refractivity contribution in [1.29, 1.82) is 5.26 Å². The zero-order valence-electron chi connectivity index (χ0n) is 18.5. The molecular weight excluding hydrogens is 426 g/mol. The lowest BCUT2D eigenvalue weighted by Crippen LogP contribution is -2.47. The molecule has 0 saturated carbocycles. The van der Waals surface area contributed by atoms with Crippen molar-refractivity contribution in [3.63, 3.8) is 0 Å². The van der Waals surface area contributed by atoms with Gasteiger partial charge in [-0.25, -0.2) is 0 Å². The van der Waals surface area contributed by atoms with Gasteiger partial charge in [0, 0.05) is 29.7 Å². The van der Waals surface area contributed by atoms with E-state index >= 15 is 0 Å². The quantitative estimate of drug-likeness (QED) is 0.673. The van der Waals surface area contributed by atoms with Crippen molar-refractivity contribution in [2.24, 2.45) is 0 Å². The first-order chi connectivity index (χ1) is 15.5. The molecule has 0 bridgehead atoms. The first-order valence-corrected chi connectivity index (χ1v) is 11.2. The van der Waals surface area contributed by atoms with Gasteiger partial charge in [0.05, 0.1) is 50.5 Å². The summed E-state index contributed by atoms with van der Waals surface area (Å²) in [5.74, 6) is 1.85. The van der Waals surface area contributed by atoms with Gasteiger partial charge in [0.15, 0.2) is 11.5 Å². The number of carbonyl (C=O) groups is 1. The van der Waals surface area contributed by atoms with E-state index in [4.69, 9.17) is 14.2 Å². The molecule has 2 aliphatic heterocycles. The van der Waals surface area contributed by atoms with E-state index < -0.39 is 5.92 Å². The number of nitrogens with zero attached hydrogens (tertiary/aromatic N) is 3. The van der Waals surface area contributed by atoms with Crippen molar-refractivity contribution in [1.82, 2.24) is 4.90 Å². The molecule has 1 atom stereocenters. The fourth-order valence-corrected chi connectivity index (χ4v) is 5.38. The Hall–Kier alpha value is -3.31. The maximum atomic E-state index is 13.3. The number of methoxy groups -OCH3 is 3. The number of fused-ring (bicyclic) bond motifs is 1. The fourth-order valence-electron chi connectivity index (χ4n) is 4.22. The summed E-state index contributed by atoms with van der Waals surface area (Å²) in [5.41, 5.74) is 3.56. The fraction of sp³-hybridized carbons (Fsp3) is 0.333. The minimum Gasteiger partial charge on any atom is -0.496 e. The molecule has 32 heavy (non-hydrogen) atoms. The second kappa shape index (κ2) is 9.05. The first-order valence-electron chi connectivity index (χ1n) is 10.2. The van der Waals surface area contributed by atoms with E-state index in [2.05, 4.69) is 30.0 Å². The predicted octanol–water partition coefficient (Wildman–Crippen LogP) is 4.24. The van der Waals surface area contributed by atoms with E-state index in [1.807, 2.05) is 12.1 Å². The number of ether oxygens (including phenoxy) is 3. The number of benzene rings is 2. The van der Waals surface area contributed by atoms with E-state index in [1.165, 1.54) is 11.8 Å². The predicted molar refractivity (Wildman–Crippen MR) is 124 cm³/mol. The number of allylic oxidation sites excluding steroid dienone is 1. The summed E-state index contributed by atoms with van der Waals surface area (Å²) in [4.78, 5) is 17.1. The van der Waals surface area contributed by atoms with E-state index in [9.17, 15) is 10.1 Å². The third-order valence-electron chi connectivity index (χ3n) is 5.86. The van der Waals surface area contributed by atoms with Gasteiger partial charge in [-0.05, 0) is 24.6 Å². The summed E-state index contributed by atoms with van der Waals surface area (Å²) in [5, 5.41) is 10.8. The number of hydrogen-bond donors (Lipinski definition) is 0. The van der Waals surface area contributed by atoms with Crippen molar-refractivity contribution in [3.8, 4) is 23.3 Å². The average Bonchev–Trinajstić information content (AvgIpc) is 2.83. The number of anilines is 1. The molecule has 0 unspecified atom stereocenters. The zero-order valence-corrected chi connectivity index (χ0v) is 19.4. The van der Waals surface area contributed by atoms with Gasteiger partial charge in [0.25, 0.3) is 0 Å². The number of aryl methyl sites for hydroxylation is 1. The molecule has 2 heterocycles. The Bertz CT molecular complexity index is 1120. The minimum atomic E-state index is -0.411. The molecule has 2 aromatic rings. The molecule has 0 N–H and O–H groups in total. The Morgan fingerprint density at radius 3 is 2.41 bits per heavy atom. The highest BCUT2D eigenvalue weighted by Gasteiger charge is 2.39. The maximum absolute atomic E-state index is 13.3. The molecule has 4 rings (SSSR count). The Labute approximate surface area is 192 Å². The highest BCUT2D eigenvalue weighted by Crippen LogP contribution is 2.47. The molecule has 2 aromatic carbocycles. The Kier molecular flexibility index (Phi) is 6.19. The number of carbonyl (C=O) groups excluding carboxylic acids is 1. The van der Waals surface area contributed by atoms with Crippen LogP contribution in [-0.2, 0) is 4.79 Å². The molecule has 0 aliphatic carbocycles. The molecule has 0 aromatic heterocycles. The van der Waals surface area contributed by atoms with Crippen LogP contribution in [0.2, 0.25) is 0 Å². The van der Waals surface area contributed by atoms with Gasteiger partial charge in [0.1, 0.15) is 5.75 Å². The van der Waals surface area contributed by atoms with Gasteiger partial charge < -0.3 is 19.1 Å². The van der Waals surface area contributed by atoms with Gasteiger partial charge in [-0.1, -0.05) is 30.0 Å². The molecule has 7 nitrogen and oxygen atoms in total. The van der Waals surface area contributed by atoms with Crippen LogP contribution in [0.25, 0.3) is 0 Å². The summed E-state index contributed by atoms with van der Waals surface area (Å²) >= 11 is 1.52. The standard InChI is InChI=1S/C24H25N3O4S/c1-15-7-5-6-8-19(15)26-13-27-23(28)10-16(18(12-25)24(27)32-14-26)17-9-21(30-3)22(31-4)11-20(17)29-2/h5-9,11,16H,10,13-14H2,1-4H3/t16-/m1/s1. The number of amides is 1. The zero-order chi connectivity index (χ0) is 22.8. The molecule has 1 saturated heterocycles. The van der Waals surface area contributed by atoms with E-state index in [-0.39, 0.29) is 12.3 Å². The van der Waals surface area contributed by atoms with E-state index in [0.717, 1.165) is 21.8 Å². The molecule has 0 spiro atoms. The van der Waals surface area contributed by atoms with Crippen molar-refractivity contribution < 1.29 is 19.0 Å². The van der Waals surface area contributed by atoms with Crippen LogP contribution in [0.1, 0.15) is 23.5 Å². The minimum absolute atomic E-state index is 0.0216. The third kappa shape index (κ3) is 3.73. The molecule has 0 radical (unpaired) electrons. The van der Waals surface area contributed by atoms with Crippen LogP contribution < -0.4 is 19.1 Å². The van der Waals surface area contributed by atoms with Crippen molar-refractivity contribution >= 4 is 23.4 Å². The van der Waals surface area contributed by atoms with Gasteiger partial charge in [0.2, 0.25) is 5.91 Å². The van der Waals surface area contributed by atoms with Crippen LogP contribution in [0, 0.1) is 18.3 Å². The van der Waals surface area contributed by atoms with Crippen LogP contribution >= 0.6 is 11.8 Å². The highest BCUT2D eigenvalue weighted by molar-refractivity contribution is 8.03. The first kappa shape index (κ1) is 21.9. The summed E-state index contributed by atoms with van der Waals surface area (Å²) in [7, 11) is 4.68. The molecule has 2 aliphatic rings. The third-order valence-corrected chi connectivity index (χ3v) is 7.02. The Balaban J connectivity index is 1.74. The topological polar surface area (TPSA) is 75.0 Å². The molecule has 8 heteroatoms. The van der Waals surface area contributed by atoms with Crippen molar-refractivity contribution in [2.75, 3.05) is 38.8 Å². The van der Waals surface area contributed by atoms with Gasteiger partial charge in [-0.3, -0.25) is 9.69 Å². The Morgan fingerprint density at radius 1 is 1.06 bits per heavy atom. The molecular formula is C24H25N3O4S. The lowest BCUT2D eigenvalue weighted by Gasteiger charge is -2.42. The van der Waals surface area contributed by atoms with Crippen LogP contribution in [-0.4, -0.2) is 44.7 Å². The molecule has 166 valence electrons. The lowest BCUT2D eigenvalue weighted by molar-refractivity contribution is -0.129. The number of para-hydroxylation sites is 1. The summed E-state index contributed by atoms with van der Waals surface area (Å²) in [6.07, 6.45) is 0.181. The largest absolute Gasteiger partial charge is 0.496 e. The van der Waals surface area contributed by atoms with E-state index in [1.54, 1.807) is 38.4 Å². The molecule has 1 amide bonds. The van der Waals surface area contributed by atoms with Crippen molar-refractivity contribution in [2.45, 2.75) is 19.3 Å². The number of hydrogen-bond acceptors (Lipinski definition) is 7. The summed E-state index contributed by atoms with van der Waals surface area (Å²) in [6, 6.07) is 14.0. The number of thioether (sulfide) groups is 1. The van der Waals surface area contributed by atoms with Gasteiger partial charge in [-0.15, -0.1) is 0 Å². The van der Waals surface area contributed by atoms with E-state index in [0.29, 0.717) is 35.4 Å². The highest BCUT2D eigenvalue weighted by atomic mass is 32.2. The monoisotopic (exact) mass is 451 g/mol. The summed E-state index contributed by atoms with van der Waals surface area (Å²) in [6.45, 7) is 2.48. The second-order valence-corrected chi connectivity index (χ2v) is 8.53. The average molecular weight is 452 g/mol. The van der Waals surface area contributed by atoms with Crippen LogP contribution in [0.4, 0.5) is 5.69 Å². The van der Waals surface area contributed by atoms with Crippen LogP contribution in [0.5, 0.6) is 17.2 Å². The Morgan fingerprint density at radius 2 is 1.75 bits per heavy atom. The lowest BCUT2D eigenvalue weighted by atomic mass is 9.85. The summed E-state index contributed by atoms with van der Waals surface area (Å²) < 4.78 is 16.4. The SMILES string of the molecule is COc1cc(OC)c([C@H]2CC(=O)N3CN(c4ccccc4C)CSC3=C2C#N)cc1OC. The number of nitriles is 1.